The third kappa shape index (κ3) is 5.07. The number of thiazole rings is 1. The van der Waals surface area contributed by atoms with Gasteiger partial charge in [-0.15, -0.1) is 0 Å². The van der Waals surface area contributed by atoms with Crippen molar-refractivity contribution >= 4 is 33.6 Å². The van der Waals surface area contributed by atoms with Crippen LogP contribution in [0.3, 0.4) is 0 Å². The maximum absolute atomic E-state index is 13.0. The van der Waals surface area contributed by atoms with E-state index in [1.807, 2.05) is 0 Å². The van der Waals surface area contributed by atoms with Crippen LogP contribution in [0.5, 0.6) is 0 Å². The third-order valence-electron chi connectivity index (χ3n) is 6.43. The Morgan fingerprint density at radius 3 is 2.73 bits per heavy atom. The maximum atomic E-state index is 13.0. The Balaban J connectivity index is 1.57. The van der Waals surface area contributed by atoms with Gasteiger partial charge in [-0.3, -0.25) is 4.79 Å². The number of fused-ring (bicyclic) bond motifs is 2. The van der Waals surface area contributed by atoms with Gasteiger partial charge >= 0.3 is 5.97 Å². The summed E-state index contributed by atoms with van der Waals surface area (Å²) in [5.74, 6) is -0.810. The zero-order chi connectivity index (χ0) is 23.8. The van der Waals surface area contributed by atoms with Gasteiger partial charge in [-0.2, -0.15) is 0 Å². The summed E-state index contributed by atoms with van der Waals surface area (Å²) in [7, 11) is 0. The Labute approximate surface area is 196 Å². The molecule has 174 valence electrons. The fraction of sp³-hybridized carbons (Fsp3) is 0.440. The number of hydrogen-bond donors (Lipinski definition) is 3. The molecule has 1 aliphatic rings. The Kier molecular flexibility index (Phi) is 6.50. The van der Waals surface area contributed by atoms with Crippen molar-refractivity contribution in [3.63, 3.8) is 0 Å². The number of aliphatic hydroxyl groups is 1. The predicted molar refractivity (Wildman–Crippen MR) is 128 cm³/mol. The van der Waals surface area contributed by atoms with Gasteiger partial charge in [0.15, 0.2) is 5.01 Å². The first kappa shape index (κ1) is 23.3. The number of nitrogens with one attached hydrogen (secondary N) is 1. The maximum Gasteiger partial charge on any atom is 0.335 e. The second-order valence-electron chi connectivity index (χ2n) is 9.71. The van der Waals surface area contributed by atoms with Gasteiger partial charge in [0.25, 0.3) is 5.91 Å². The molecule has 2 heterocycles. The summed E-state index contributed by atoms with van der Waals surface area (Å²) in [6.07, 6.45) is 3.28. The number of aromatic nitrogens is 2. The van der Waals surface area contributed by atoms with E-state index in [1.165, 1.54) is 29.0 Å². The van der Waals surface area contributed by atoms with E-state index in [-0.39, 0.29) is 29.9 Å². The number of benzene rings is 1. The molecule has 0 saturated heterocycles. The van der Waals surface area contributed by atoms with Gasteiger partial charge in [0.1, 0.15) is 10.3 Å². The minimum atomic E-state index is -1.04. The van der Waals surface area contributed by atoms with Gasteiger partial charge in [-0.1, -0.05) is 44.2 Å². The lowest BCUT2D eigenvalue weighted by Gasteiger charge is -2.34. The highest BCUT2D eigenvalue weighted by atomic mass is 32.1. The van der Waals surface area contributed by atoms with Crippen molar-refractivity contribution in [1.82, 2.24) is 15.3 Å². The zero-order valence-electron chi connectivity index (χ0n) is 19.1. The summed E-state index contributed by atoms with van der Waals surface area (Å²) in [6, 6.07) is 7.93. The molecule has 8 heteroatoms. The predicted octanol–water partition coefficient (Wildman–Crippen LogP) is 4.39. The summed E-state index contributed by atoms with van der Waals surface area (Å²) < 4.78 is 0. The fourth-order valence-electron chi connectivity index (χ4n) is 4.41. The van der Waals surface area contributed by atoms with E-state index in [0.717, 1.165) is 35.3 Å². The molecule has 3 N–H and O–H groups in total. The van der Waals surface area contributed by atoms with Gasteiger partial charge < -0.3 is 15.5 Å². The molecule has 7 nitrogen and oxygen atoms in total. The number of carboxylic acid groups (broad SMARTS) is 1. The number of aromatic carboxylic acids is 1. The lowest BCUT2D eigenvalue weighted by molar-refractivity contribution is 0.0696. The van der Waals surface area contributed by atoms with Crippen LogP contribution in [0.2, 0.25) is 0 Å². The molecular formula is C25H29N3O4S. The van der Waals surface area contributed by atoms with Gasteiger partial charge in [0.2, 0.25) is 0 Å². The number of pyridine rings is 1. The minimum absolute atomic E-state index is 0.132. The van der Waals surface area contributed by atoms with Crippen LogP contribution >= 0.6 is 11.3 Å². The van der Waals surface area contributed by atoms with E-state index >= 15 is 0 Å². The van der Waals surface area contributed by atoms with Crippen molar-refractivity contribution in [3.8, 4) is 0 Å². The molecule has 0 aliphatic heterocycles. The van der Waals surface area contributed by atoms with Gasteiger partial charge in [0, 0.05) is 12.3 Å². The number of carboxylic acids is 1. The van der Waals surface area contributed by atoms with Gasteiger partial charge in [-0.05, 0) is 66.3 Å². The first-order valence-electron chi connectivity index (χ1n) is 11.2. The second kappa shape index (κ2) is 9.19. The average molecular weight is 468 g/mol. The smallest absolute Gasteiger partial charge is 0.335 e. The molecule has 0 radical (unpaired) electrons. The van der Waals surface area contributed by atoms with E-state index in [0.29, 0.717) is 16.5 Å². The Morgan fingerprint density at radius 1 is 1.24 bits per heavy atom. The number of aryl methyl sites for hydroxylation is 1. The van der Waals surface area contributed by atoms with Crippen LogP contribution in [0.15, 0.2) is 30.3 Å². The quantitative estimate of drug-likeness (QED) is 0.496. The highest BCUT2D eigenvalue weighted by molar-refractivity contribution is 7.19. The monoisotopic (exact) mass is 467 g/mol. The molecule has 1 aromatic carbocycles. The lowest BCUT2D eigenvalue weighted by atomic mass is 9.71. The molecule has 4 rings (SSSR count). The van der Waals surface area contributed by atoms with E-state index in [2.05, 4.69) is 37.1 Å². The summed E-state index contributed by atoms with van der Waals surface area (Å²) >= 11 is 1.26. The van der Waals surface area contributed by atoms with Gasteiger partial charge in [-0.25, -0.2) is 14.8 Å². The van der Waals surface area contributed by atoms with Crippen molar-refractivity contribution in [2.24, 2.45) is 11.3 Å². The highest BCUT2D eigenvalue weighted by Gasteiger charge is 2.30. The molecular weight excluding hydrogens is 438 g/mol. The van der Waals surface area contributed by atoms with Crippen LogP contribution in [-0.4, -0.2) is 38.7 Å². The molecule has 0 fully saturated rings. The van der Waals surface area contributed by atoms with E-state index in [9.17, 15) is 19.8 Å². The molecule has 1 aliphatic carbocycles. The molecule has 1 unspecified atom stereocenters. The molecule has 3 aromatic rings. The summed E-state index contributed by atoms with van der Waals surface area (Å²) in [5, 5.41) is 22.0. The molecule has 0 bridgehead atoms. The molecule has 1 amide bonds. The standard InChI is InChI=1S/C25H29N3O4S/c1-25(2,3)17-7-8-18-16(12-17)13-20-22(27-18)33-23(28-20)21(30)26-19(9-10-29)14-5-4-6-15(11-14)24(31)32/h4-6,11,13,17,19,29H,7-10,12H2,1-3H3,(H,26,30)(H,31,32)/t17?,19-/m1/s1. The van der Waals surface area contributed by atoms with Crippen molar-refractivity contribution in [2.75, 3.05) is 6.61 Å². The molecule has 33 heavy (non-hydrogen) atoms. The largest absolute Gasteiger partial charge is 0.478 e. The Hall–Kier alpha value is -2.84. The topological polar surface area (TPSA) is 112 Å². The zero-order valence-corrected chi connectivity index (χ0v) is 19.9. The van der Waals surface area contributed by atoms with Crippen LogP contribution in [0, 0.1) is 11.3 Å². The summed E-state index contributed by atoms with van der Waals surface area (Å²) in [6.45, 7) is 6.67. The fourth-order valence-corrected chi connectivity index (χ4v) is 5.25. The first-order valence-corrected chi connectivity index (χ1v) is 12.0. The van der Waals surface area contributed by atoms with Crippen molar-refractivity contribution in [2.45, 2.75) is 52.5 Å². The Bertz CT molecular complexity index is 1200. The third-order valence-corrected chi connectivity index (χ3v) is 7.39. The SMILES string of the molecule is CC(C)(C)C1CCc2nc3sc(C(=O)N[C@H](CCO)c4cccc(C(=O)O)c4)nc3cc2C1. The Morgan fingerprint density at radius 2 is 2.03 bits per heavy atom. The lowest BCUT2D eigenvalue weighted by Crippen LogP contribution is -2.29. The van der Waals surface area contributed by atoms with Crippen LogP contribution in [0.25, 0.3) is 10.3 Å². The molecule has 0 saturated carbocycles. The van der Waals surface area contributed by atoms with E-state index in [4.69, 9.17) is 4.98 Å². The normalized spacial score (nSPS) is 16.9. The van der Waals surface area contributed by atoms with E-state index < -0.39 is 12.0 Å². The number of carbonyl (C=O) groups excluding carboxylic acids is 1. The number of amides is 1. The summed E-state index contributed by atoms with van der Waals surface area (Å²) in [5.41, 5.74) is 4.04. The van der Waals surface area contributed by atoms with Crippen LogP contribution < -0.4 is 5.32 Å². The molecule has 2 atom stereocenters. The van der Waals surface area contributed by atoms with Crippen LogP contribution in [-0.2, 0) is 12.8 Å². The van der Waals surface area contributed by atoms with Crippen molar-refractivity contribution in [1.29, 1.82) is 0 Å². The number of hydrogen-bond acceptors (Lipinski definition) is 6. The number of carbonyl (C=O) groups is 2. The summed E-state index contributed by atoms with van der Waals surface area (Å²) in [4.78, 5) is 34.4. The highest BCUT2D eigenvalue weighted by Crippen LogP contribution is 2.38. The molecule has 2 aromatic heterocycles. The van der Waals surface area contributed by atoms with Crippen molar-refractivity contribution in [3.05, 3.63) is 57.7 Å². The first-order chi connectivity index (χ1) is 15.7. The second-order valence-corrected chi connectivity index (χ2v) is 10.7. The average Bonchev–Trinajstić information content (AvgIpc) is 3.19. The van der Waals surface area contributed by atoms with Gasteiger partial charge in [0.05, 0.1) is 11.6 Å². The van der Waals surface area contributed by atoms with Crippen LogP contribution in [0.4, 0.5) is 0 Å². The van der Waals surface area contributed by atoms with Crippen molar-refractivity contribution < 1.29 is 19.8 Å². The minimum Gasteiger partial charge on any atom is -0.478 e. The number of aliphatic hydroxyl groups excluding tert-OH is 1. The number of rotatable bonds is 6. The van der Waals surface area contributed by atoms with Crippen LogP contribution in [0.1, 0.15) is 76.6 Å². The number of nitrogens with zero attached hydrogens (tertiary/aromatic N) is 2. The van der Waals surface area contributed by atoms with E-state index in [1.54, 1.807) is 12.1 Å². The molecule has 0 spiro atoms.